The van der Waals surface area contributed by atoms with Crippen LogP contribution in [0.5, 0.6) is 0 Å². The predicted molar refractivity (Wildman–Crippen MR) is 147 cm³/mol. The molecule has 0 bridgehead atoms. The fourth-order valence-corrected chi connectivity index (χ4v) is 7.07. The number of carbonyl (C=O) groups excluding carboxylic acids is 1. The second-order valence-corrected chi connectivity index (χ2v) is 12.3. The molecule has 4 aromatic rings. The lowest BCUT2D eigenvalue weighted by atomic mass is 9.81. The van der Waals surface area contributed by atoms with E-state index in [1.54, 1.807) is 24.9 Å². The molecule has 2 heterocycles. The van der Waals surface area contributed by atoms with E-state index in [2.05, 4.69) is 19.9 Å². The van der Waals surface area contributed by atoms with Gasteiger partial charge in [0, 0.05) is 37.5 Å². The van der Waals surface area contributed by atoms with Crippen molar-refractivity contribution in [3.05, 3.63) is 63.4 Å². The molecular weight excluding hydrogens is 524 g/mol. The Morgan fingerprint density at radius 2 is 1.95 bits per heavy atom. The van der Waals surface area contributed by atoms with E-state index in [0.29, 0.717) is 41.6 Å². The van der Waals surface area contributed by atoms with Crippen LogP contribution in [-0.4, -0.2) is 59.5 Å². The van der Waals surface area contributed by atoms with Crippen molar-refractivity contribution in [1.29, 1.82) is 0 Å². The van der Waals surface area contributed by atoms with E-state index in [-0.39, 0.29) is 16.5 Å². The summed E-state index contributed by atoms with van der Waals surface area (Å²) in [6.45, 7) is 2.42. The molecule has 1 aliphatic rings. The van der Waals surface area contributed by atoms with Crippen molar-refractivity contribution < 1.29 is 13.2 Å². The van der Waals surface area contributed by atoms with Crippen molar-refractivity contribution in [3.8, 4) is 10.4 Å². The molecule has 0 radical (unpaired) electrons. The Kier molecular flexibility index (Phi) is 7.46. The minimum Gasteiger partial charge on any atom is -0.339 e. The predicted octanol–water partition coefficient (Wildman–Crippen LogP) is 3.33. The van der Waals surface area contributed by atoms with E-state index >= 15 is 0 Å². The first-order valence-corrected chi connectivity index (χ1v) is 15.0. The fourth-order valence-electron chi connectivity index (χ4n) is 4.70. The number of thiazole rings is 1. The summed E-state index contributed by atoms with van der Waals surface area (Å²) in [5.74, 6) is 0.816. The van der Waals surface area contributed by atoms with Gasteiger partial charge in [-0.3, -0.25) is 9.78 Å². The SMILES string of the molecule is CCNS(=O)(=O)c1ccc(-c2sc(C(=O)N(C)CCc3n[nH]c(=O)[nH]3)nc2CC2CCC2)c2ccccc12. The summed E-state index contributed by atoms with van der Waals surface area (Å²) in [4.78, 5) is 34.7. The maximum absolute atomic E-state index is 13.3. The summed E-state index contributed by atoms with van der Waals surface area (Å²) in [7, 11) is -1.96. The minimum atomic E-state index is -3.66. The van der Waals surface area contributed by atoms with Gasteiger partial charge in [0.15, 0.2) is 5.01 Å². The number of hydrogen-bond acceptors (Lipinski definition) is 7. The maximum Gasteiger partial charge on any atom is 0.340 e. The number of nitrogens with zero attached hydrogens (tertiary/aromatic N) is 3. The highest BCUT2D eigenvalue weighted by molar-refractivity contribution is 7.89. The van der Waals surface area contributed by atoms with Crippen LogP contribution in [0.2, 0.25) is 0 Å². The second kappa shape index (κ2) is 10.8. The number of aromatic amines is 2. The molecule has 1 amide bonds. The average Bonchev–Trinajstić information content (AvgIpc) is 3.49. The topological polar surface area (TPSA) is 141 Å². The molecule has 2 aromatic heterocycles. The summed E-state index contributed by atoms with van der Waals surface area (Å²) in [5, 5.41) is 8.06. The van der Waals surface area contributed by atoms with E-state index in [9.17, 15) is 18.0 Å². The Labute approximate surface area is 224 Å². The van der Waals surface area contributed by atoms with Crippen LogP contribution in [0, 0.1) is 5.92 Å². The second-order valence-electron chi connectivity index (χ2n) is 9.56. The van der Waals surface area contributed by atoms with Gasteiger partial charge >= 0.3 is 5.69 Å². The number of likely N-dealkylation sites (N-methyl/N-ethyl adjacent to an activating group) is 1. The summed E-state index contributed by atoms with van der Waals surface area (Å²) in [5.41, 5.74) is 1.37. The van der Waals surface area contributed by atoms with Crippen molar-refractivity contribution in [3.63, 3.8) is 0 Å². The molecule has 10 nitrogen and oxygen atoms in total. The summed E-state index contributed by atoms with van der Waals surface area (Å²) in [6.07, 6.45) is 4.67. The quantitative estimate of drug-likeness (QED) is 0.275. The number of nitrogens with one attached hydrogen (secondary N) is 3. The molecule has 1 saturated carbocycles. The van der Waals surface area contributed by atoms with E-state index in [1.165, 1.54) is 17.8 Å². The first-order valence-electron chi connectivity index (χ1n) is 12.7. The lowest BCUT2D eigenvalue weighted by Gasteiger charge is -2.24. The average molecular weight is 555 g/mol. The van der Waals surface area contributed by atoms with Gasteiger partial charge in [-0.05, 0) is 23.8 Å². The number of hydrogen-bond donors (Lipinski definition) is 3. The molecule has 200 valence electrons. The highest BCUT2D eigenvalue weighted by atomic mass is 32.2. The standard InChI is InChI=1S/C26H30N6O4S2/c1-3-27-38(35,36)21-12-11-19(17-9-4-5-10-18(17)21)23-20(15-16-7-6-8-16)28-24(37-23)25(33)32(2)14-13-22-29-26(34)31-30-22/h4-5,9-12,16,27H,3,6-8,13-15H2,1-2H3,(H2,29,30,31,34). The molecule has 0 aliphatic heterocycles. The van der Waals surface area contributed by atoms with Gasteiger partial charge in [-0.15, -0.1) is 11.3 Å². The highest BCUT2D eigenvalue weighted by Crippen LogP contribution is 2.40. The number of aromatic nitrogens is 4. The van der Waals surface area contributed by atoms with E-state index in [4.69, 9.17) is 4.98 Å². The van der Waals surface area contributed by atoms with Crippen LogP contribution in [0.1, 0.15) is 47.5 Å². The third-order valence-corrected chi connectivity index (χ3v) is 9.64. The minimum absolute atomic E-state index is 0.204. The number of amides is 1. The van der Waals surface area contributed by atoms with Crippen LogP contribution in [0.3, 0.4) is 0 Å². The highest BCUT2D eigenvalue weighted by Gasteiger charge is 2.27. The Hall–Kier alpha value is -3.35. The molecule has 0 atom stereocenters. The number of sulfonamides is 1. The summed E-state index contributed by atoms with van der Waals surface area (Å²) < 4.78 is 28.4. The molecule has 5 rings (SSSR count). The molecule has 12 heteroatoms. The monoisotopic (exact) mass is 554 g/mol. The van der Waals surface area contributed by atoms with E-state index < -0.39 is 10.0 Å². The fraction of sp³-hybridized carbons (Fsp3) is 0.385. The number of benzene rings is 2. The number of rotatable bonds is 10. The number of carbonyl (C=O) groups is 1. The van der Waals surface area contributed by atoms with Gasteiger partial charge < -0.3 is 4.90 Å². The van der Waals surface area contributed by atoms with Crippen molar-refractivity contribution >= 4 is 38.0 Å². The van der Waals surface area contributed by atoms with Crippen molar-refractivity contribution in [2.45, 2.75) is 43.9 Å². The van der Waals surface area contributed by atoms with Gasteiger partial charge in [-0.25, -0.2) is 28.0 Å². The van der Waals surface area contributed by atoms with Crippen LogP contribution < -0.4 is 10.4 Å². The molecule has 3 N–H and O–H groups in total. The maximum atomic E-state index is 13.3. The Morgan fingerprint density at radius 3 is 2.61 bits per heavy atom. The smallest absolute Gasteiger partial charge is 0.339 e. The third kappa shape index (κ3) is 5.29. The molecular formula is C26H30N6O4S2. The van der Waals surface area contributed by atoms with Crippen LogP contribution in [0.25, 0.3) is 21.2 Å². The van der Waals surface area contributed by atoms with Gasteiger partial charge in [0.05, 0.1) is 15.5 Å². The largest absolute Gasteiger partial charge is 0.340 e. The zero-order valence-corrected chi connectivity index (χ0v) is 22.9. The first kappa shape index (κ1) is 26.3. The van der Waals surface area contributed by atoms with Crippen LogP contribution in [0.4, 0.5) is 0 Å². The van der Waals surface area contributed by atoms with E-state index in [0.717, 1.165) is 40.8 Å². The van der Waals surface area contributed by atoms with Crippen molar-refractivity contribution in [1.82, 2.24) is 29.8 Å². The lowest BCUT2D eigenvalue weighted by molar-refractivity contribution is 0.0795. The normalized spacial score (nSPS) is 14.1. The van der Waals surface area contributed by atoms with Gasteiger partial charge in [0.25, 0.3) is 5.91 Å². The molecule has 1 aliphatic carbocycles. The Balaban J connectivity index is 1.52. The summed E-state index contributed by atoms with van der Waals surface area (Å²) >= 11 is 1.34. The van der Waals surface area contributed by atoms with Gasteiger partial charge in [0.1, 0.15) is 5.82 Å². The van der Waals surface area contributed by atoms with Gasteiger partial charge in [-0.1, -0.05) is 56.5 Å². The van der Waals surface area contributed by atoms with Crippen LogP contribution in [-0.2, 0) is 22.9 Å². The third-order valence-electron chi connectivity index (χ3n) is 6.92. The Bertz CT molecular complexity index is 1630. The first-order chi connectivity index (χ1) is 18.3. The molecule has 0 unspecified atom stereocenters. The van der Waals surface area contributed by atoms with Gasteiger partial charge in [0.2, 0.25) is 10.0 Å². The van der Waals surface area contributed by atoms with Crippen molar-refractivity contribution in [2.75, 3.05) is 20.1 Å². The molecule has 2 aromatic carbocycles. The van der Waals surface area contributed by atoms with E-state index in [1.807, 2.05) is 30.3 Å². The molecule has 1 fully saturated rings. The van der Waals surface area contributed by atoms with Crippen LogP contribution in [0.15, 0.2) is 46.1 Å². The summed E-state index contributed by atoms with van der Waals surface area (Å²) in [6, 6.07) is 10.9. The number of H-pyrrole nitrogens is 2. The van der Waals surface area contributed by atoms with Gasteiger partial charge in [-0.2, -0.15) is 5.10 Å². The molecule has 38 heavy (non-hydrogen) atoms. The zero-order valence-electron chi connectivity index (χ0n) is 21.3. The zero-order chi connectivity index (χ0) is 26.9. The molecule has 0 saturated heterocycles. The van der Waals surface area contributed by atoms with Crippen LogP contribution >= 0.6 is 11.3 Å². The Morgan fingerprint density at radius 1 is 1.18 bits per heavy atom. The van der Waals surface area contributed by atoms with Crippen molar-refractivity contribution in [2.24, 2.45) is 5.92 Å². The number of fused-ring (bicyclic) bond motifs is 1. The molecule has 0 spiro atoms. The lowest BCUT2D eigenvalue weighted by Crippen LogP contribution is -2.29.